The molecule has 0 fully saturated rings. The van der Waals surface area contributed by atoms with Crippen LogP contribution < -0.4 is 5.43 Å². The standard InChI is InChI=1S/C6H11FN2/c1-5-6(7)3-4-9(2)8-5/h3,5,8H,4H2,1-2H3. The third-order valence-corrected chi connectivity index (χ3v) is 1.39. The van der Waals surface area contributed by atoms with E-state index >= 15 is 0 Å². The summed E-state index contributed by atoms with van der Waals surface area (Å²) in [7, 11) is 1.89. The smallest absolute Gasteiger partial charge is 0.115 e. The number of hydrogen-bond donors (Lipinski definition) is 1. The van der Waals surface area contributed by atoms with Crippen LogP contribution >= 0.6 is 0 Å². The molecule has 1 aliphatic rings. The molecule has 0 spiro atoms. The predicted octanol–water partition coefficient (Wildman–Crippen LogP) is 0.678. The first-order valence-corrected chi connectivity index (χ1v) is 3.03. The number of rotatable bonds is 0. The van der Waals surface area contributed by atoms with Crippen molar-refractivity contribution in [3.63, 3.8) is 0 Å². The van der Waals surface area contributed by atoms with E-state index in [9.17, 15) is 4.39 Å². The fraction of sp³-hybridized carbons (Fsp3) is 0.667. The van der Waals surface area contributed by atoms with Crippen LogP contribution in [0.3, 0.4) is 0 Å². The van der Waals surface area contributed by atoms with Gasteiger partial charge in [0.25, 0.3) is 0 Å². The van der Waals surface area contributed by atoms with E-state index < -0.39 is 0 Å². The van der Waals surface area contributed by atoms with E-state index in [0.29, 0.717) is 6.54 Å². The minimum Gasteiger partial charge on any atom is -0.246 e. The lowest BCUT2D eigenvalue weighted by molar-refractivity contribution is 0.206. The van der Waals surface area contributed by atoms with Crippen LogP contribution in [0.4, 0.5) is 4.39 Å². The molecule has 0 bridgehead atoms. The zero-order chi connectivity index (χ0) is 6.85. The second-order valence-electron chi connectivity index (χ2n) is 2.32. The summed E-state index contributed by atoms with van der Waals surface area (Å²) in [5, 5.41) is 1.85. The molecule has 9 heavy (non-hydrogen) atoms. The molecule has 3 heteroatoms. The molecule has 0 radical (unpaired) electrons. The molecule has 1 rings (SSSR count). The van der Waals surface area contributed by atoms with Gasteiger partial charge < -0.3 is 0 Å². The molecule has 0 amide bonds. The molecule has 1 aliphatic heterocycles. The van der Waals surface area contributed by atoms with Gasteiger partial charge in [-0.15, -0.1) is 0 Å². The molecule has 0 aromatic rings. The van der Waals surface area contributed by atoms with E-state index in [4.69, 9.17) is 0 Å². The van der Waals surface area contributed by atoms with E-state index in [-0.39, 0.29) is 11.9 Å². The quantitative estimate of drug-likeness (QED) is 0.518. The van der Waals surface area contributed by atoms with Crippen LogP contribution in [0.5, 0.6) is 0 Å². The molecule has 0 aromatic carbocycles. The average Bonchev–Trinajstić information content (AvgIpc) is 1.80. The number of nitrogens with one attached hydrogen (secondary N) is 1. The first kappa shape index (κ1) is 6.71. The highest BCUT2D eigenvalue weighted by Gasteiger charge is 2.13. The Hall–Kier alpha value is -0.410. The van der Waals surface area contributed by atoms with Crippen molar-refractivity contribution in [2.75, 3.05) is 13.6 Å². The molecule has 1 unspecified atom stereocenters. The maximum Gasteiger partial charge on any atom is 0.115 e. The fourth-order valence-corrected chi connectivity index (χ4v) is 0.846. The van der Waals surface area contributed by atoms with Crippen LogP contribution in [-0.4, -0.2) is 24.6 Å². The Bertz CT molecular complexity index is 133. The van der Waals surface area contributed by atoms with Crippen LogP contribution in [0.1, 0.15) is 6.92 Å². The second-order valence-corrected chi connectivity index (χ2v) is 2.32. The molecule has 0 aliphatic carbocycles. The molecular weight excluding hydrogens is 119 g/mol. The third-order valence-electron chi connectivity index (χ3n) is 1.39. The normalized spacial score (nSPS) is 30.1. The summed E-state index contributed by atoms with van der Waals surface area (Å²) in [6.07, 6.45) is 1.58. The number of likely N-dealkylation sites (N-methyl/N-ethyl adjacent to an activating group) is 1. The van der Waals surface area contributed by atoms with Gasteiger partial charge in [-0.25, -0.2) is 14.8 Å². The van der Waals surface area contributed by atoms with Crippen molar-refractivity contribution in [1.82, 2.24) is 10.4 Å². The fourth-order valence-electron chi connectivity index (χ4n) is 0.846. The maximum absolute atomic E-state index is 12.5. The van der Waals surface area contributed by atoms with Crippen LogP contribution in [0, 0.1) is 0 Å². The van der Waals surface area contributed by atoms with Gasteiger partial charge in [0.1, 0.15) is 5.83 Å². The molecule has 2 nitrogen and oxygen atoms in total. The van der Waals surface area contributed by atoms with Gasteiger partial charge in [0.2, 0.25) is 0 Å². The first-order chi connectivity index (χ1) is 4.20. The second kappa shape index (κ2) is 2.45. The Labute approximate surface area is 54.3 Å². The lowest BCUT2D eigenvalue weighted by Crippen LogP contribution is -2.44. The predicted molar refractivity (Wildman–Crippen MR) is 34.4 cm³/mol. The molecule has 52 valence electrons. The highest BCUT2D eigenvalue weighted by Crippen LogP contribution is 2.07. The van der Waals surface area contributed by atoms with E-state index in [1.165, 1.54) is 0 Å². The Kier molecular flexibility index (Phi) is 1.83. The van der Waals surface area contributed by atoms with Gasteiger partial charge in [0.15, 0.2) is 0 Å². The Morgan fingerprint density at radius 1 is 1.89 bits per heavy atom. The van der Waals surface area contributed by atoms with Gasteiger partial charge in [-0.2, -0.15) is 0 Å². The monoisotopic (exact) mass is 130 g/mol. The van der Waals surface area contributed by atoms with Crippen LogP contribution in [0.25, 0.3) is 0 Å². The number of nitrogens with zero attached hydrogens (tertiary/aromatic N) is 1. The SMILES string of the molecule is CC1NN(C)CC=C1F. The van der Waals surface area contributed by atoms with E-state index in [0.717, 1.165) is 0 Å². The molecule has 1 N–H and O–H groups in total. The van der Waals surface area contributed by atoms with Crippen molar-refractivity contribution in [2.45, 2.75) is 13.0 Å². The number of hydrogen-bond acceptors (Lipinski definition) is 2. The number of halogens is 1. The molecular formula is C6H11FN2. The molecule has 1 heterocycles. The van der Waals surface area contributed by atoms with Crippen molar-refractivity contribution in [3.8, 4) is 0 Å². The summed E-state index contributed by atoms with van der Waals surface area (Å²) < 4.78 is 12.5. The molecule has 0 saturated carbocycles. The van der Waals surface area contributed by atoms with Gasteiger partial charge >= 0.3 is 0 Å². The first-order valence-electron chi connectivity index (χ1n) is 3.03. The Morgan fingerprint density at radius 2 is 2.56 bits per heavy atom. The van der Waals surface area contributed by atoms with E-state index in [2.05, 4.69) is 5.43 Å². The summed E-state index contributed by atoms with van der Waals surface area (Å²) >= 11 is 0. The van der Waals surface area contributed by atoms with Gasteiger partial charge in [0, 0.05) is 13.6 Å². The lowest BCUT2D eigenvalue weighted by atomic mass is 10.2. The summed E-state index contributed by atoms with van der Waals surface area (Å²) in [5.74, 6) is -0.0619. The summed E-state index contributed by atoms with van der Waals surface area (Å²) in [6, 6.07) is -0.149. The number of hydrazine groups is 1. The summed E-state index contributed by atoms with van der Waals surface area (Å²) in [5.41, 5.74) is 2.92. The van der Waals surface area contributed by atoms with Crippen molar-refractivity contribution in [3.05, 3.63) is 11.9 Å². The van der Waals surface area contributed by atoms with Crippen LogP contribution in [0.15, 0.2) is 11.9 Å². The Balaban J connectivity index is 2.56. The average molecular weight is 130 g/mol. The van der Waals surface area contributed by atoms with Crippen molar-refractivity contribution >= 4 is 0 Å². The molecule has 0 aromatic heterocycles. The topological polar surface area (TPSA) is 15.3 Å². The molecule has 0 saturated heterocycles. The van der Waals surface area contributed by atoms with Gasteiger partial charge in [-0.1, -0.05) is 0 Å². The van der Waals surface area contributed by atoms with Gasteiger partial charge in [-0.05, 0) is 13.0 Å². The highest BCUT2D eigenvalue weighted by atomic mass is 19.1. The van der Waals surface area contributed by atoms with Crippen molar-refractivity contribution in [1.29, 1.82) is 0 Å². The van der Waals surface area contributed by atoms with Gasteiger partial charge in [0.05, 0.1) is 6.04 Å². The largest absolute Gasteiger partial charge is 0.246 e. The zero-order valence-electron chi connectivity index (χ0n) is 5.69. The van der Waals surface area contributed by atoms with Crippen LogP contribution in [-0.2, 0) is 0 Å². The van der Waals surface area contributed by atoms with Crippen molar-refractivity contribution in [2.24, 2.45) is 0 Å². The lowest BCUT2D eigenvalue weighted by Gasteiger charge is -2.25. The highest BCUT2D eigenvalue weighted by molar-refractivity contribution is 5.03. The minimum absolute atomic E-state index is 0.0619. The Morgan fingerprint density at radius 3 is 3.00 bits per heavy atom. The van der Waals surface area contributed by atoms with Crippen LogP contribution in [0.2, 0.25) is 0 Å². The van der Waals surface area contributed by atoms with Crippen molar-refractivity contribution < 1.29 is 4.39 Å². The summed E-state index contributed by atoms with van der Waals surface area (Å²) in [4.78, 5) is 0. The van der Waals surface area contributed by atoms with Gasteiger partial charge in [-0.3, -0.25) is 0 Å². The maximum atomic E-state index is 12.5. The minimum atomic E-state index is -0.149. The van der Waals surface area contributed by atoms with E-state index in [1.54, 1.807) is 13.0 Å². The zero-order valence-corrected chi connectivity index (χ0v) is 5.69. The third kappa shape index (κ3) is 1.50. The summed E-state index contributed by atoms with van der Waals surface area (Å²) in [6.45, 7) is 2.44. The van der Waals surface area contributed by atoms with E-state index in [1.807, 2.05) is 12.1 Å². The molecule has 1 atom stereocenters.